The van der Waals surface area contributed by atoms with Crippen LogP contribution in [0, 0.1) is 0 Å². The van der Waals surface area contributed by atoms with Crippen molar-refractivity contribution in [2.45, 2.75) is 26.2 Å². The van der Waals surface area contributed by atoms with E-state index < -0.39 is 0 Å². The molecule has 3 aromatic heterocycles. The van der Waals surface area contributed by atoms with E-state index in [1.54, 1.807) is 6.20 Å². The van der Waals surface area contributed by atoms with Crippen molar-refractivity contribution in [3.8, 4) is 0 Å². The summed E-state index contributed by atoms with van der Waals surface area (Å²) in [6.45, 7) is 2.88. The van der Waals surface area contributed by atoms with Crippen LogP contribution in [-0.2, 0) is 19.9 Å². The third-order valence-corrected chi connectivity index (χ3v) is 5.20. The normalized spacial score (nSPS) is 11.5. The average molecular weight is 433 g/mol. The highest BCUT2D eigenvalue weighted by atomic mass is 35.5. The average Bonchev–Trinajstić information content (AvgIpc) is 3.09. The molecular weight excluding hydrogens is 408 g/mol. The van der Waals surface area contributed by atoms with Gasteiger partial charge in [-0.15, -0.1) is 0 Å². The largest absolute Gasteiger partial charge is 0.368 e. The number of benzene rings is 1. The van der Waals surface area contributed by atoms with Gasteiger partial charge in [0.15, 0.2) is 11.6 Å². The van der Waals surface area contributed by atoms with Gasteiger partial charge in [-0.25, -0.2) is 9.97 Å². The summed E-state index contributed by atoms with van der Waals surface area (Å²) in [7, 11) is 1.94. The number of fused-ring (bicyclic) bond motifs is 1. The maximum absolute atomic E-state index is 6.11. The molecule has 4 aromatic rings. The first kappa shape index (κ1) is 21.0. The van der Waals surface area contributed by atoms with Gasteiger partial charge in [-0.05, 0) is 54.3 Å². The van der Waals surface area contributed by atoms with Gasteiger partial charge < -0.3 is 5.32 Å². The zero-order valence-electron chi connectivity index (χ0n) is 17.7. The molecule has 0 aliphatic carbocycles. The van der Waals surface area contributed by atoms with E-state index in [9.17, 15) is 0 Å². The minimum atomic E-state index is 0.645. The van der Waals surface area contributed by atoms with E-state index in [1.807, 2.05) is 60.4 Å². The molecule has 1 N–H and O–H groups in total. The lowest BCUT2D eigenvalue weighted by molar-refractivity contribution is 0.752. The smallest absolute Gasteiger partial charge is 0.156 e. The lowest BCUT2D eigenvalue weighted by atomic mass is 10.1. The van der Waals surface area contributed by atoms with Crippen molar-refractivity contribution in [1.82, 2.24) is 24.7 Å². The number of rotatable bonds is 8. The molecule has 4 rings (SSSR count). The standard InChI is InChI=1S/C24H25ClN6/c1-3-6-20-22-23(31(2)30-20)24(27-14-12-17-7-4-9-19(25)15-17)29-21(28-22)11-10-18-8-5-13-26-16-18/h4-5,7-11,13,15-16H,3,6,12,14H2,1-2H3,(H,27,28,29)/b11-10+. The van der Waals surface area contributed by atoms with E-state index in [4.69, 9.17) is 26.7 Å². The molecule has 7 heteroatoms. The second-order valence-corrected chi connectivity index (χ2v) is 7.81. The van der Waals surface area contributed by atoms with Gasteiger partial charge in [-0.2, -0.15) is 5.10 Å². The lowest BCUT2D eigenvalue weighted by Gasteiger charge is -2.09. The summed E-state index contributed by atoms with van der Waals surface area (Å²) in [6.07, 6.45) is 10.2. The van der Waals surface area contributed by atoms with Crippen molar-refractivity contribution in [3.63, 3.8) is 0 Å². The molecule has 3 heterocycles. The Morgan fingerprint density at radius 1 is 1.10 bits per heavy atom. The minimum absolute atomic E-state index is 0.645. The highest BCUT2D eigenvalue weighted by Crippen LogP contribution is 2.24. The number of halogens is 1. The molecule has 0 bridgehead atoms. The lowest BCUT2D eigenvalue weighted by Crippen LogP contribution is -2.09. The number of nitrogens with one attached hydrogen (secondary N) is 1. The number of hydrogen-bond acceptors (Lipinski definition) is 5. The van der Waals surface area contributed by atoms with Crippen molar-refractivity contribution in [1.29, 1.82) is 0 Å². The van der Waals surface area contributed by atoms with Gasteiger partial charge in [0.2, 0.25) is 0 Å². The molecule has 0 saturated heterocycles. The SMILES string of the molecule is CCCc1nn(C)c2c(NCCc3cccc(Cl)c3)nc(/C=C/c3cccnc3)nc12. The first-order valence-electron chi connectivity index (χ1n) is 10.4. The summed E-state index contributed by atoms with van der Waals surface area (Å²) in [5.74, 6) is 1.43. The fourth-order valence-electron chi connectivity index (χ4n) is 3.52. The molecule has 0 amide bonds. The molecular formula is C24H25ClN6. The molecule has 31 heavy (non-hydrogen) atoms. The van der Waals surface area contributed by atoms with Crippen molar-refractivity contribution in [2.75, 3.05) is 11.9 Å². The molecule has 0 aliphatic rings. The van der Waals surface area contributed by atoms with Gasteiger partial charge in [-0.3, -0.25) is 9.67 Å². The summed E-state index contributed by atoms with van der Waals surface area (Å²) in [5.41, 5.74) is 5.00. The Kier molecular flexibility index (Phi) is 6.57. The number of hydrogen-bond donors (Lipinski definition) is 1. The molecule has 0 saturated carbocycles. The topological polar surface area (TPSA) is 68.5 Å². The molecule has 0 radical (unpaired) electrons. The van der Waals surface area contributed by atoms with E-state index in [0.29, 0.717) is 5.82 Å². The molecule has 0 fully saturated rings. The Morgan fingerprint density at radius 2 is 2.00 bits per heavy atom. The summed E-state index contributed by atoms with van der Waals surface area (Å²) in [6, 6.07) is 11.8. The Labute approximate surface area is 187 Å². The highest BCUT2D eigenvalue weighted by molar-refractivity contribution is 6.30. The van der Waals surface area contributed by atoms with E-state index in [-0.39, 0.29) is 0 Å². The molecule has 0 spiro atoms. The van der Waals surface area contributed by atoms with Crippen LogP contribution in [0.3, 0.4) is 0 Å². The summed E-state index contributed by atoms with van der Waals surface area (Å²) in [4.78, 5) is 13.7. The number of aromatic nitrogens is 5. The van der Waals surface area contributed by atoms with Crippen LogP contribution in [0.4, 0.5) is 5.82 Å². The number of pyridine rings is 1. The second kappa shape index (κ2) is 9.71. The van der Waals surface area contributed by atoms with Crippen LogP contribution in [0.5, 0.6) is 0 Å². The Hall–Kier alpha value is -3.25. The fourth-order valence-corrected chi connectivity index (χ4v) is 3.74. The summed E-state index contributed by atoms with van der Waals surface area (Å²) >= 11 is 6.11. The van der Waals surface area contributed by atoms with Crippen molar-refractivity contribution < 1.29 is 0 Å². The number of anilines is 1. The summed E-state index contributed by atoms with van der Waals surface area (Å²) in [5, 5.41) is 8.94. The van der Waals surface area contributed by atoms with Gasteiger partial charge in [0.25, 0.3) is 0 Å². The van der Waals surface area contributed by atoms with Crippen LogP contribution in [0.25, 0.3) is 23.2 Å². The maximum Gasteiger partial charge on any atom is 0.156 e. The predicted octanol–water partition coefficient (Wildman–Crippen LogP) is 5.19. The van der Waals surface area contributed by atoms with E-state index in [0.717, 1.165) is 58.9 Å². The van der Waals surface area contributed by atoms with Gasteiger partial charge in [0, 0.05) is 31.0 Å². The minimum Gasteiger partial charge on any atom is -0.368 e. The van der Waals surface area contributed by atoms with Crippen LogP contribution in [-0.4, -0.2) is 31.3 Å². The first-order valence-corrected chi connectivity index (χ1v) is 10.8. The molecule has 0 aliphatic heterocycles. The fraction of sp³-hybridized carbons (Fsp3) is 0.250. The summed E-state index contributed by atoms with van der Waals surface area (Å²) < 4.78 is 1.87. The number of aryl methyl sites for hydroxylation is 2. The Balaban J connectivity index is 1.65. The van der Waals surface area contributed by atoms with E-state index in [1.165, 1.54) is 5.56 Å². The quantitative estimate of drug-likeness (QED) is 0.415. The number of nitrogens with zero attached hydrogens (tertiary/aromatic N) is 5. The molecule has 0 atom stereocenters. The van der Waals surface area contributed by atoms with E-state index >= 15 is 0 Å². The van der Waals surface area contributed by atoms with Crippen LogP contribution >= 0.6 is 11.6 Å². The third-order valence-electron chi connectivity index (χ3n) is 4.96. The zero-order chi connectivity index (χ0) is 21.6. The van der Waals surface area contributed by atoms with E-state index in [2.05, 4.69) is 23.3 Å². The Morgan fingerprint density at radius 3 is 2.77 bits per heavy atom. The van der Waals surface area contributed by atoms with Crippen molar-refractivity contribution >= 4 is 40.6 Å². The van der Waals surface area contributed by atoms with Gasteiger partial charge in [0.1, 0.15) is 11.0 Å². The predicted molar refractivity (Wildman–Crippen MR) is 127 cm³/mol. The molecule has 158 valence electrons. The van der Waals surface area contributed by atoms with Crippen LogP contribution in [0.15, 0.2) is 48.8 Å². The first-order chi connectivity index (χ1) is 15.1. The monoisotopic (exact) mass is 432 g/mol. The Bertz CT molecular complexity index is 1200. The van der Waals surface area contributed by atoms with Crippen LogP contribution in [0.2, 0.25) is 5.02 Å². The maximum atomic E-state index is 6.11. The second-order valence-electron chi connectivity index (χ2n) is 7.37. The van der Waals surface area contributed by atoms with Gasteiger partial charge >= 0.3 is 0 Å². The van der Waals surface area contributed by atoms with Crippen LogP contribution in [0.1, 0.15) is 36.0 Å². The third kappa shape index (κ3) is 5.09. The zero-order valence-corrected chi connectivity index (χ0v) is 18.5. The van der Waals surface area contributed by atoms with Crippen LogP contribution < -0.4 is 5.32 Å². The molecule has 6 nitrogen and oxygen atoms in total. The van der Waals surface area contributed by atoms with Gasteiger partial charge in [0.05, 0.1) is 5.69 Å². The molecule has 1 aromatic carbocycles. The highest BCUT2D eigenvalue weighted by Gasteiger charge is 2.16. The molecule has 0 unspecified atom stereocenters. The van der Waals surface area contributed by atoms with Gasteiger partial charge in [-0.1, -0.05) is 43.1 Å². The van der Waals surface area contributed by atoms with Crippen molar-refractivity contribution in [2.24, 2.45) is 7.05 Å². The van der Waals surface area contributed by atoms with Crippen molar-refractivity contribution in [3.05, 3.63) is 76.5 Å².